The Morgan fingerprint density at radius 1 is 0.833 bits per heavy atom. The molecule has 0 unspecified atom stereocenters. The van der Waals surface area contributed by atoms with E-state index in [0.29, 0.717) is 0 Å². The zero-order chi connectivity index (χ0) is 17.0. The summed E-state index contributed by atoms with van der Waals surface area (Å²) < 4.78 is 0. The second-order valence-corrected chi connectivity index (χ2v) is 6.29. The fourth-order valence-electron chi connectivity index (χ4n) is 2.73. The fourth-order valence-corrected chi connectivity index (χ4v) is 2.73. The van der Waals surface area contributed by atoms with Gasteiger partial charge in [-0.25, -0.2) is 0 Å². The molecule has 0 aliphatic heterocycles. The summed E-state index contributed by atoms with van der Waals surface area (Å²) in [6, 6.07) is 17.2. The summed E-state index contributed by atoms with van der Waals surface area (Å²) in [6.45, 7) is 6.02. The van der Waals surface area contributed by atoms with Crippen molar-refractivity contribution < 1.29 is 0 Å². The van der Waals surface area contributed by atoms with E-state index in [1.165, 1.54) is 36.8 Å². The molecule has 0 nitrogen and oxygen atoms in total. The molecular formula is C24H28. The molecule has 0 aliphatic carbocycles. The van der Waals surface area contributed by atoms with Crippen LogP contribution in [0.4, 0.5) is 0 Å². The van der Waals surface area contributed by atoms with Crippen LogP contribution >= 0.6 is 0 Å². The van der Waals surface area contributed by atoms with Crippen molar-refractivity contribution in [2.45, 2.75) is 51.9 Å². The van der Waals surface area contributed by atoms with Crippen LogP contribution in [0.3, 0.4) is 0 Å². The van der Waals surface area contributed by atoms with Crippen LogP contribution < -0.4 is 0 Å². The van der Waals surface area contributed by atoms with E-state index < -0.39 is 0 Å². The highest BCUT2D eigenvalue weighted by atomic mass is 14.0. The van der Waals surface area contributed by atoms with E-state index in [-0.39, 0.29) is 0 Å². The quantitative estimate of drug-likeness (QED) is 0.303. The third kappa shape index (κ3) is 6.47. The lowest BCUT2D eigenvalue weighted by Crippen LogP contribution is -1.87. The summed E-state index contributed by atoms with van der Waals surface area (Å²) in [5, 5.41) is 0. The van der Waals surface area contributed by atoms with Crippen molar-refractivity contribution in [1.29, 1.82) is 0 Å². The molecule has 0 saturated carbocycles. The molecule has 0 N–H and O–H groups in total. The molecule has 0 saturated heterocycles. The molecule has 0 aliphatic rings. The van der Waals surface area contributed by atoms with E-state index in [9.17, 15) is 0 Å². The number of aryl methyl sites for hydroxylation is 2. The molecule has 24 heavy (non-hydrogen) atoms. The molecule has 2 rings (SSSR count). The van der Waals surface area contributed by atoms with Gasteiger partial charge in [-0.15, -0.1) is 6.58 Å². The molecule has 0 heteroatoms. The predicted molar refractivity (Wildman–Crippen MR) is 105 cm³/mol. The number of allylic oxidation sites excluding steroid dienone is 1. The summed E-state index contributed by atoms with van der Waals surface area (Å²) in [7, 11) is 0. The van der Waals surface area contributed by atoms with Gasteiger partial charge in [0.25, 0.3) is 0 Å². The van der Waals surface area contributed by atoms with Crippen LogP contribution in [-0.4, -0.2) is 0 Å². The fraction of sp³-hybridized carbons (Fsp3) is 0.333. The van der Waals surface area contributed by atoms with Crippen LogP contribution in [0, 0.1) is 11.8 Å². The van der Waals surface area contributed by atoms with E-state index in [1.807, 2.05) is 6.08 Å². The van der Waals surface area contributed by atoms with Crippen molar-refractivity contribution in [2.24, 2.45) is 0 Å². The van der Waals surface area contributed by atoms with Gasteiger partial charge in [-0.05, 0) is 61.1 Å². The van der Waals surface area contributed by atoms with Crippen molar-refractivity contribution in [2.75, 3.05) is 0 Å². The van der Waals surface area contributed by atoms with Gasteiger partial charge >= 0.3 is 0 Å². The smallest absolute Gasteiger partial charge is 0.0251 e. The first-order valence-corrected chi connectivity index (χ1v) is 9.12. The van der Waals surface area contributed by atoms with Crippen molar-refractivity contribution in [3.05, 3.63) is 83.4 Å². The molecule has 0 amide bonds. The van der Waals surface area contributed by atoms with Crippen LogP contribution in [0.5, 0.6) is 0 Å². The highest BCUT2D eigenvalue weighted by molar-refractivity contribution is 5.44. The molecule has 0 aromatic heterocycles. The summed E-state index contributed by atoms with van der Waals surface area (Å²) in [5.41, 5.74) is 4.93. The Morgan fingerprint density at radius 2 is 1.62 bits per heavy atom. The van der Waals surface area contributed by atoms with E-state index in [2.05, 4.69) is 73.9 Å². The topological polar surface area (TPSA) is 0 Å². The van der Waals surface area contributed by atoms with Crippen LogP contribution in [-0.2, 0) is 12.8 Å². The molecule has 0 fully saturated rings. The molecule has 0 heterocycles. The third-order valence-electron chi connectivity index (χ3n) is 4.19. The molecule has 0 radical (unpaired) electrons. The Morgan fingerprint density at radius 3 is 2.38 bits per heavy atom. The second-order valence-electron chi connectivity index (χ2n) is 6.29. The van der Waals surface area contributed by atoms with Gasteiger partial charge in [0.2, 0.25) is 0 Å². The van der Waals surface area contributed by atoms with Crippen LogP contribution in [0.15, 0.2) is 61.2 Å². The average molecular weight is 316 g/mol. The van der Waals surface area contributed by atoms with Crippen molar-refractivity contribution in [3.8, 4) is 11.8 Å². The van der Waals surface area contributed by atoms with Gasteiger partial charge in [0.05, 0.1) is 0 Å². The summed E-state index contributed by atoms with van der Waals surface area (Å²) in [6.07, 6.45) is 10.4. The first-order chi connectivity index (χ1) is 11.8. The SMILES string of the molecule is C=CCCc1ccc(C#Cc2cccc(CCCCCC)c2)cc1. The van der Waals surface area contributed by atoms with E-state index in [4.69, 9.17) is 0 Å². The first-order valence-electron chi connectivity index (χ1n) is 9.12. The third-order valence-corrected chi connectivity index (χ3v) is 4.19. The van der Waals surface area contributed by atoms with Crippen LogP contribution in [0.25, 0.3) is 0 Å². The standard InChI is InChI=1S/C24H28/c1-3-5-7-8-11-23-12-9-13-24(20-23)19-18-22-16-14-21(15-17-22)10-6-4-2/h4,9,12-17,20H,2-3,5-8,10-11H2,1H3. The summed E-state index contributed by atoms with van der Waals surface area (Å²) >= 11 is 0. The first kappa shape index (κ1) is 18.1. The molecule has 2 aromatic carbocycles. The molecular weight excluding hydrogens is 288 g/mol. The lowest BCUT2D eigenvalue weighted by molar-refractivity contribution is 0.667. The number of benzene rings is 2. The average Bonchev–Trinajstić information content (AvgIpc) is 2.63. The van der Waals surface area contributed by atoms with Gasteiger partial charge in [-0.2, -0.15) is 0 Å². The Bertz CT molecular complexity index is 680. The van der Waals surface area contributed by atoms with E-state index >= 15 is 0 Å². The Balaban J connectivity index is 1.95. The number of unbranched alkanes of at least 4 members (excludes halogenated alkanes) is 3. The van der Waals surface area contributed by atoms with Gasteiger partial charge in [0.15, 0.2) is 0 Å². The maximum absolute atomic E-state index is 3.77. The number of hydrogen-bond acceptors (Lipinski definition) is 0. The van der Waals surface area contributed by atoms with Gasteiger partial charge < -0.3 is 0 Å². The lowest BCUT2D eigenvalue weighted by Gasteiger charge is -2.02. The molecule has 0 bridgehead atoms. The van der Waals surface area contributed by atoms with Gasteiger partial charge in [0, 0.05) is 11.1 Å². The van der Waals surface area contributed by atoms with Gasteiger partial charge in [-0.3, -0.25) is 0 Å². The molecule has 124 valence electrons. The molecule has 2 aromatic rings. The molecule has 0 spiro atoms. The van der Waals surface area contributed by atoms with Gasteiger partial charge in [-0.1, -0.05) is 68.4 Å². The minimum absolute atomic E-state index is 1.02. The van der Waals surface area contributed by atoms with Crippen LogP contribution in [0.1, 0.15) is 61.3 Å². The number of rotatable bonds is 8. The van der Waals surface area contributed by atoms with Crippen molar-refractivity contribution >= 4 is 0 Å². The van der Waals surface area contributed by atoms with E-state index in [0.717, 1.165) is 30.4 Å². The Kier molecular flexibility index (Phi) is 7.91. The van der Waals surface area contributed by atoms with E-state index in [1.54, 1.807) is 0 Å². The lowest BCUT2D eigenvalue weighted by atomic mass is 10.0. The van der Waals surface area contributed by atoms with Crippen LogP contribution in [0.2, 0.25) is 0 Å². The Hall–Kier alpha value is -2.26. The maximum Gasteiger partial charge on any atom is 0.0251 e. The monoisotopic (exact) mass is 316 g/mol. The molecule has 0 atom stereocenters. The zero-order valence-electron chi connectivity index (χ0n) is 14.9. The second kappa shape index (κ2) is 10.5. The maximum atomic E-state index is 3.77. The summed E-state index contributed by atoms with van der Waals surface area (Å²) in [4.78, 5) is 0. The highest BCUT2D eigenvalue weighted by Crippen LogP contribution is 2.11. The van der Waals surface area contributed by atoms with Gasteiger partial charge in [0.1, 0.15) is 0 Å². The minimum atomic E-state index is 1.02. The minimum Gasteiger partial charge on any atom is -0.103 e. The highest BCUT2D eigenvalue weighted by Gasteiger charge is 1.96. The predicted octanol–water partition coefficient (Wildman–Crippen LogP) is 6.33. The number of hydrogen-bond donors (Lipinski definition) is 0. The normalized spacial score (nSPS) is 10.0. The Labute approximate surface area is 147 Å². The largest absolute Gasteiger partial charge is 0.103 e. The van der Waals surface area contributed by atoms with Crippen molar-refractivity contribution in [1.82, 2.24) is 0 Å². The zero-order valence-corrected chi connectivity index (χ0v) is 14.9. The summed E-state index contributed by atoms with van der Waals surface area (Å²) in [5.74, 6) is 6.58. The van der Waals surface area contributed by atoms with Crippen molar-refractivity contribution in [3.63, 3.8) is 0 Å².